The van der Waals surface area contributed by atoms with Gasteiger partial charge in [-0.3, -0.25) is 0 Å². The van der Waals surface area contributed by atoms with Crippen LogP contribution in [0.25, 0.3) is 0 Å². The number of benzene rings is 1. The van der Waals surface area contributed by atoms with E-state index >= 15 is 0 Å². The van der Waals surface area contributed by atoms with Crippen molar-refractivity contribution in [2.24, 2.45) is 0 Å². The van der Waals surface area contributed by atoms with Gasteiger partial charge in [0, 0.05) is 13.2 Å². The number of nitrogens with one attached hydrogen (secondary N) is 1. The van der Waals surface area contributed by atoms with Crippen LogP contribution < -0.4 is 10.1 Å². The highest BCUT2D eigenvalue weighted by molar-refractivity contribution is 14.1. The molecule has 0 spiro atoms. The van der Waals surface area contributed by atoms with Gasteiger partial charge in [-0.1, -0.05) is 12.1 Å². The van der Waals surface area contributed by atoms with Crippen molar-refractivity contribution >= 4 is 28.4 Å². The molecule has 0 aliphatic heterocycles. The Hall–Kier alpha value is -1.30. The molecule has 1 aromatic heterocycles. The highest BCUT2D eigenvalue weighted by Crippen LogP contribution is 2.21. The summed E-state index contributed by atoms with van der Waals surface area (Å²) in [5.41, 5.74) is 1.10. The lowest BCUT2D eigenvalue weighted by atomic mass is 10.3. The first-order chi connectivity index (χ1) is 8.29. The molecule has 2 rings (SSSR count). The van der Waals surface area contributed by atoms with Crippen LogP contribution in [0, 0.1) is 3.57 Å². The van der Waals surface area contributed by atoms with Gasteiger partial charge in [0.15, 0.2) is 0 Å². The number of anilines is 1. The van der Waals surface area contributed by atoms with Gasteiger partial charge < -0.3 is 10.1 Å². The Kier molecular flexibility index (Phi) is 4.19. The molecule has 1 N–H and O–H groups in total. The van der Waals surface area contributed by atoms with Crippen LogP contribution in [0.15, 0.2) is 42.6 Å². The first-order valence-electron chi connectivity index (χ1n) is 5.29. The fourth-order valence-electron chi connectivity index (χ4n) is 1.42. The number of hydrogen-bond acceptors (Lipinski definition) is 3. The summed E-state index contributed by atoms with van der Waals surface area (Å²) < 4.78 is 6.88. The van der Waals surface area contributed by atoms with Crippen molar-refractivity contribution in [2.75, 3.05) is 12.4 Å². The van der Waals surface area contributed by atoms with Crippen molar-refractivity contribution in [3.63, 3.8) is 0 Å². The van der Waals surface area contributed by atoms with Crippen molar-refractivity contribution in [3.8, 4) is 5.75 Å². The standard InChI is InChI=1S/C13H13IN2O/c1-15-13-8-10(6-7-16-13)9-17-12-5-3-2-4-11(12)14/h2-8H,9H2,1H3,(H,15,16). The van der Waals surface area contributed by atoms with Crippen LogP contribution in [0.1, 0.15) is 5.56 Å². The average Bonchev–Trinajstić information content (AvgIpc) is 2.38. The van der Waals surface area contributed by atoms with Crippen molar-refractivity contribution in [1.82, 2.24) is 4.98 Å². The number of para-hydroxylation sites is 1. The molecule has 88 valence electrons. The van der Waals surface area contributed by atoms with Crippen LogP contribution in [-0.2, 0) is 6.61 Å². The first kappa shape index (κ1) is 12.2. The maximum Gasteiger partial charge on any atom is 0.133 e. The molecule has 0 aliphatic rings. The average molecular weight is 340 g/mol. The summed E-state index contributed by atoms with van der Waals surface area (Å²) in [6.45, 7) is 0.553. The van der Waals surface area contributed by atoms with Crippen molar-refractivity contribution < 1.29 is 4.74 Å². The summed E-state index contributed by atoms with van der Waals surface area (Å²) in [6, 6.07) is 11.9. The summed E-state index contributed by atoms with van der Waals surface area (Å²) >= 11 is 2.27. The van der Waals surface area contributed by atoms with Gasteiger partial charge in [-0.25, -0.2) is 4.98 Å². The van der Waals surface area contributed by atoms with E-state index in [1.165, 1.54) is 0 Å². The van der Waals surface area contributed by atoms with E-state index in [2.05, 4.69) is 32.9 Å². The summed E-state index contributed by atoms with van der Waals surface area (Å²) in [5.74, 6) is 1.77. The third-order valence-electron chi connectivity index (χ3n) is 2.31. The molecule has 1 aromatic carbocycles. The second kappa shape index (κ2) is 5.86. The number of aromatic nitrogens is 1. The van der Waals surface area contributed by atoms with Crippen LogP contribution in [0.5, 0.6) is 5.75 Å². The third-order valence-corrected chi connectivity index (χ3v) is 3.20. The zero-order valence-corrected chi connectivity index (χ0v) is 11.6. The molecule has 17 heavy (non-hydrogen) atoms. The normalized spacial score (nSPS) is 10.0. The van der Waals surface area contributed by atoms with Crippen LogP contribution in [0.2, 0.25) is 0 Å². The molecule has 0 bridgehead atoms. The maximum atomic E-state index is 5.76. The Balaban J connectivity index is 2.05. The molecule has 0 atom stereocenters. The quantitative estimate of drug-likeness (QED) is 0.868. The van der Waals surface area contributed by atoms with Gasteiger partial charge in [0.1, 0.15) is 18.2 Å². The van der Waals surface area contributed by atoms with Crippen molar-refractivity contribution in [1.29, 1.82) is 0 Å². The van der Waals surface area contributed by atoms with Crippen LogP contribution in [0.3, 0.4) is 0 Å². The minimum Gasteiger partial charge on any atom is -0.488 e. The van der Waals surface area contributed by atoms with Crippen molar-refractivity contribution in [2.45, 2.75) is 6.61 Å². The molecule has 1 heterocycles. The van der Waals surface area contributed by atoms with Crippen molar-refractivity contribution in [3.05, 3.63) is 51.7 Å². The molecule has 4 heteroatoms. The lowest BCUT2D eigenvalue weighted by molar-refractivity contribution is 0.304. The van der Waals surface area contributed by atoms with Crippen LogP contribution in [0.4, 0.5) is 5.82 Å². The predicted octanol–water partition coefficient (Wildman–Crippen LogP) is 3.31. The number of nitrogens with zero attached hydrogens (tertiary/aromatic N) is 1. The zero-order chi connectivity index (χ0) is 12.1. The Labute approximate surface area is 114 Å². The highest BCUT2D eigenvalue weighted by Gasteiger charge is 2.00. The number of ether oxygens (including phenoxy) is 1. The van der Waals surface area contributed by atoms with E-state index < -0.39 is 0 Å². The Morgan fingerprint density at radius 3 is 2.88 bits per heavy atom. The molecule has 3 nitrogen and oxygen atoms in total. The zero-order valence-electron chi connectivity index (χ0n) is 9.48. The molecular weight excluding hydrogens is 327 g/mol. The molecule has 2 aromatic rings. The topological polar surface area (TPSA) is 34.1 Å². The second-order valence-electron chi connectivity index (χ2n) is 3.52. The molecule has 0 saturated heterocycles. The molecule has 0 amide bonds. The minimum absolute atomic E-state index is 0.553. The van der Waals surface area contributed by atoms with Gasteiger partial charge >= 0.3 is 0 Å². The van der Waals surface area contributed by atoms with Gasteiger partial charge in [-0.15, -0.1) is 0 Å². The van der Waals surface area contributed by atoms with Crippen LogP contribution >= 0.6 is 22.6 Å². The smallest absolute Gasteiger partial charge is 0.133 e. The monoisotopic (exact) mass is 340 g/mol. The number of pyridine rings is 1. The largest absolute Gasteiger partial charge is 0.488 e. The van der Waals surface area contributed by atoms with Gasteiger partial charge in [-0.05, 0) is 52.4 Å². The lowest BCUT2D eigenvalue weighted by Gasteiger charge is -2.08. The fourth-order valence-corrected chi connectivity index (χ4v) is 1.97. The van der Waals surface area contributed by atoms with E-state index in [4.69, 9.17) is 4.74 Å². The highest BCUT2D eigenvalue weighted by atomic mass is 127. The molecule has 0 unspecified atom stereocenters. The van der Waals surface area contributed by atoms with E-state index in [-0.39, 0.29) is 0 Å². The predicted molar refractivity (Wildman–Crippen MR) is 77.3 cm³/mol. The molecule has 0 aliphatic carbocycles. The first-order valence-corrected chi connectivity index (χ1v) is 6.37. The summed E-state index contributed by atoms with van der Waals surface area (Å²) in [7, 11) is 1.85. The van der Waals surface area contributed by atoms with E-state index in [9.17, 15) is 0 Å². The summed E-state index contributed by atoms with van der Waals surface area (Å²) in [4.78, 5) is 4.16. The summed E-state index contributed by atoms with van der Waals surface area (Å²) in [6.07, 6.45) is 1.78. The molecular formula is C13H13IN2O. The second-order valence-corrected chi connectivity index (χ2v) is 4.68. The lowest BCUT2D eigenvalue weighted by Crippen LogP contribution is -1.99. The van der Waals surface area contributed by atoms with Gasteiger partial charge in [0.2, 0.25) is 0 Å². The number of rotatable bonds is 4. The fraction of sp³-hybridized carbons (Fsp3) is 0.154. The number of halogens is 1. The van der Waals surface area contributed by atoms with E-state index in [1.54, 1.807) is 6.20 Å². The Bertz CT molecular complexity index is 502. The van der Waals surface area contributed by atoms with Crippen LogP contribution in [-0.4, -0.2) is 12.0 Å². The molecule has 0 radical (unpaired) electrons. The third kappa shape index (κ3) is 3.33. The Morgan fingerprint density at radius 2 is 2.12 bits per heavy atom. The Morgan fingerprint density at radius 1 is 1.29 bits per heavy atom. The molecule has 0 saturated carbocycles. The summed E-state index contributed by atoms with van der Waals surface area (Å²) in [5, 5.41) is 3.01. The van der Waals surface area contributed by atoms with Gasteiger partial charge in [0.05, 0.1) is 3.57 Å². The SMILES string of the molecule is CNc1cc(COc2ccccc2I)ccn1. The minimum atomic E-state index is 0.553. The molecule has 0 fully saturated rings. The van der Waals surface area contributed by atoms with Gasteiger partial charge in [-0.2, -0.15) is 0 Å². The van der Waals surface area contributed by atoms with E-state index in [0.717, 1.165) is 20.7 Å². The van der Waals surface area contributed by atoms with E-state index in [1.807, 2.05) is 43.4 Å². The van der Waals surface area contributed by atoms with E-state index in [0.29, 0.717) is 6.61 Å². The van der Waals surface area contributed by atoms with Gasteiger partial charge in [0.25, 0.3) is 0 Å². The maximum absolute atomic E-state index is 5.76. The number of hydrogen-bond donors (Lipinski definition) is 1.